The molecule has 1 aliphatic heterocycles. The second-order valence-corrected chi connectivity index (χ2v) is 15.0. The third-order valence-corrected chi connectivity index (χ3v) is 9.16. The second kappa shape index (κ2) is 13.9. The smallest absolute Gasteiger partial charge is 0.410 e. The van der Waals surface area contributed by atoms with Gasteiger partial charge in [-0.05, 0) is 88.6 Å². The van der Waals surface area contributed by atoms with Crippen molar-refractivity contribution in [3.63, 3.8) is 0 Å². The number of nitrogens with one attached hydrogen (secondary N) is 1. The van der Waals surface area contributed by atoms with Crippen LogP contribution >= 0.6 is 0 Å². The number of carbonyl (C=O) groups excluding carboxylic acids is 1. The Morgan fingerprint density at radius 3 is 2.48 bits per heavy atom. The van der Waals surface area contributed by atoms with E-state index in [1.165, 1.54) is 6.07 Å². The largest absolute Gasteiger partial charge is 0.444 e. The van der Waals surface area contributed by atoms with Gasteiger partial charge in [-0.3, -0.25) is 0 Å². The topological polar surface area (TPSA) is 127 Å². The van der Waals surface area contributed by atoms with Gasteiger partial charge in [0.2, 0.25) is 21.9 Å². The molecule has 1 unspecified atom stereocenters. The number of hydrogen-bond acceptors (Lipinski definition) is 9. The summed E-state index contributed by atoms with van der Waals surface area (Å²) in [6.45, 7) is 8.45. The van der Waals surface area contributed by atoms with Crippen molar-refractivity contribution in [2.45, 2.75) is 52.2 Å². The minimum Gasteiger partial charge on any atom is -0.444 e. The molecule has 1 atom stereocenters. The van der Waals surface area contributed by atoms with E-state index in [-0.39, 0.29) is 23.7 Å². The molecule has 3 heterocycles. The Kier molecular flexibility index (Phi) is 9.61. The number of carbonyl (C=O) groups is 1. The molecule has 0 saturated carbocycles. The van der Waals surface area contributed by atoms with Gasteiger partial charge in [-0.25, -0.2) is 36.9 Å². The lowest BCUT2D eigenvalue weighted by molar-refractivity contribution is 0.0206. The van der Waals surface area contributed by atoms with E-state index in [2.05, 4.69) is 15.3 Å². The van der Waals surface area contributed by atoms with Crippen LogP contribution in [0.5, 0.6) is 11.6 Å². The highest BCUT2D eigenvalue weighted by atomic mass is 32.2. The Hall–Kier alpha value is -5.30. The lowest BCUT2D eigenvalue weighted by Crippen LogP contribution is -2.47. The monoisotopic (exact) mass is 698 g/mol. The number of benzene rings is 3. The summed E-state index contributed by atoms with van der Waals surface area (Å²) in [4.78, 5) is 28.1. The molecular formula is C37H39FN6O5S. The molecule has 0 bridgehead atoms. The van der Waals surface area contributed by atoms with Crippen molar-refractivity contribution in [1.29, 1.82) is 0 Å². The number of halogens is 1. The number of hydrogen-bond donors (Lipinski definition) is 1. The summed E-state index contributed by atoms with van der Waals surface area (Å²) in [7, 11) is -3.94. The van der Waals surface area contributed by atoms with E-state index >= 15 is 4.39 Å². The summed E-state index contributed by atoms with van der Waals surface area (Å²) in [6, 6.07) is 19.9. The van der Waals surface area contributed by atoms with Crippen LogP contribution in [0.25, 0.3) is 22.0 Å². The standard InChI is InChI=1S/C37H39FN6O5S/c1-24-15-16-27-28(17-18-30(38)32(27)44(50(5,46)47)26-12-7-6-8-13-26)33(24)48-34-29(14-9-20-39-34)31-19-21-40-35(42-31)41-25-11-10-22-43(23-25)36(45)49-37(2,3)4/h6-9,12-21,25H,10-11,22-23H2,1-5H3,(H,40,41,42). The van der Waals surface area contributed by atoms with Gasteiger partial charge in [-0.15, -0.1) is 0 Å². The number of piperidine rings is 1. The van der Waals surface area contributed by atoms with Gasteiger partial charge in [-0.2, -0.15) is 0 Å². The number of nitrogens with zero attached hydrogens (tertiary/aromatic N) is 5. The number of likely N-dealkylation sites (tertiary alicyclic amines) is 1. The first-order valence-electron chi connectivity index (χ1n) is 16.3. The average Bonchev–Trinajstić information content (AvgIpc) is 3.07. The molecular weight excluding hydrogens is 660 g/mol. The number of rotatable bonds is 8. The Balaban J connectivity index is 1.32. The van der Waals surface area contributed by atoms with Gasteiger partial charge >= 0.3 is 6.09 Å². The number of amides is 1. The molecule has 1 fully saturated rings. The molecule has 1 N–H and O–H groups in total. The zero-order valence-corrected chi connectivity index (χ0v) is 29.4. The molecule has 1 aliphatic rings. The number of sulfonamides is 1. The first kappa shape index (κ1) is 34.6. The van der Waals surface area contributed by atoms with Crippen molar-refractivity contribution in [2.24, 2.45) is 0 Å². The van der Waals surface area contributed by atoms with Gasteiger partial charge in [0.1, 0.15) is 22.9 Å². The summed E-state index contributed by atoms with van der Waals surface area (Å²) in [5.74, 6) is 0.322. The van der Waals surface area contributed by atoms with E-state index in [0.29, 0.717) is 52.5 Å². The van der Waals surface area contributed by atoms with Crippen molar-refractivity contribution in [3.05, 3.63) is 96.6 Å². The third-order valence-electron chi connectivity index (χ3n) is 8.10. The maximum absolute atomic E-state index is 15.7. The number of para-hydroxylation sites is 1. The highest BCUT2D eigenvalue weighted by molar-refractivity contribution is 7.92. The first-order valence-corrected chi connectivity index (χ1v) is 18.1. The first-order chi connectivity index (χ1) is 23.8. The van der Waals surface area contributed by atoms with Crippen LogP contribution in [-0.4, -0.2) is 65.4 Å². The summed E-state index contributed by atoms with van der Waals surface area (Å²) < 4.78 is 54.9. The van der Waals surface area contributed by atoms with Crippen LogP contribution in [0.3, 0.4) is 0 Å². The minimum atomic E-state index is -3.94. The zero-order valence-electron chi connectivity index (χ0n) is 28.6. The van der Waals surface area contributed by atoms with Gasteiger partial charge in [0.15, 0.2) is 0 Å². The molecule has 6 rings (SSSR count). The second-order valence-electron chi connectivity index (χ2n) is 13.2. The molecule has 1 amide bonds. The molecule has 1 saturated heterocycles. The number of anilines is 3. The summed E-state index contributed by atoms with van der Waals surface area (Å²) in [5.41, 5.74) is 1.46. The van der Waals surface area contributed by atoms with Crippen LogP contribution in [0.4, 0.5) is 26.5 Å². The molecule has 0 aliphatic carbocycles. The van der Waals surface area contributed by atoms with Gasteiger partial charge in [0.05, 0.1) is 23.2 Å². The molecule has 13 heteroatoms. The lowest BCUT2D eigenvalue weighted by atomic mass is 10.0. The summed E-state index contributed by atoms with van der Waals surface area (Å²) >= 11 is 0. The molecule has 2 aromatic heterocycles. The highest BCUT2D eigenvalue weighted by Gasteiger charge is 2.29. The number of aromatic nitrogens is 3. The predicted octanol–water partition coefficient (Wildman–Crippen LogP) is 7.84. The van der Waals surface area contributed by atoms with Gasteiger partial charge in [0.25, 0.3) is 0 Å². The van der Waals surface area contributed by atoms with Gasteiger partial charge in [-0.1, -0.05) is 30.3 Å². The van der Waals surface area contributed by atoms with E-state index in [0.717, 1.165) is 29.0 Å². The number of fused-ring (bicyclic) bond motifs is 1. The molecule has 260 valence electrons. The van der Waals surface area contributed by atoms with E-state index in [4.69, 9.17) is 14.5 Å². The zero-order chi connectivity index (χ0) is 35.6. The van der Waals surface area contributed by atoms with Crippen molar-refractivity contribution >= 4 is 44.2 Å². The Labute approximate surface area is 291 Å². The van der Waals surface area contributed by atoms with E-state index in [1.54, 1.807) is 78.0 Å². The van der Waals surface area contributed by atoms with Gasteiger partial charge in [0, 0.05) is 42.3 Å². The fraction of sp³-hybridized carbons (Fsp3) is 0.297. The Morgan fingerprint density at radius 2 is 1.74 bits per heavy atom. The van der Waals surface area contributed by atoms with Crippen LogP contribution in [0.15, 0.2) is 85.2 Å². The van der Waals surface area contributed by atoms with E-state index in [9.17, 15) is 13.2 Å². The molecule has 5 aromatic rings. The number of ether oxygens (including phenoxy) is 2. The molecule has 3 aromatic carbocycles. The predicted molar refractivity (Wildman–Crippen MR) is 192 cm³/mol. The van der Waals surface area contributed by atoms with Gasteiger partial charge < -0.3 is 19.7 Å². The SMILES string of the molecule is Cc1ccc2c(N(c3ccccc3)S(C)(=O)=O)c(F)ccc2c1Oc1ncccc1-c1ccnc(NC2CCCN(C(=O)OC(C)(C)C)C2)n1. The van der Waals surface area contributed by atoms with Crippen LogP contribution < -0.4 is 14.4 Å². The maximum atomic E-state index is 15.7. The van der Waals surface area contributed by atoms with Crippen molar-refractivity contribution in [3.8, 4) is 22.9 Å². The summed E-state index contributed by atoms with van der Waals surface area (Å²) in [5, 5.41) is 4.21. The molecule has 50 heavy (non-hydrogen) atoms. The van der Waals surface area contributed by atoms with Crippen molar-refractivity contribution in [2.75, 3.05) is 29.0 Å². The fourth-order valence-electron chi connectivity index (χ4n) is 5.95. The fourth-order valence-corrected chi connectivity index (χ4v) is 6.97. The lowest BCUT2D eigenvalue weighted by Gasteiger charge is -2.34. The quantitative estimate of drug-likeness (QED) is 0.172. The van der Waals surface area contributed by atoms with Crippen LogP contribution in [0.2, 0.25) is 0 Å². The van der Waals surface area contributed by atoms with Crippen molar-refractivity contribution in [1.82, 2.24) is 19.9 Å². The van der Waals surface area contributed by atoms with Crippen LogP contribution in [0.1, 0.15) is 39.2 Å². The number of aryl methyl sites for hydroxylation is 1. The maximum Gasteiger partial charge on any atom is 0.410 e. The molecule has 0 radical (unpaired) electrons. The molecule has 0 spiro atoms. The van der Waals surface area contributed by atoms with Crippen LogP contribution in [0, 0.1) is 12.7 Å². The summed E-state index contributed by atoms with van der Waals surface area (Å²) in [6.07, 6.45) is 5.56. The Morgan fingerprint density at radius 1 is 0.980 bits per heavy atom. The Bertz CT molecular complexity index is 2140. The van der Waals surface area contributed by atoms with E-state index in [1.807, 2.05) is 33.8 Å². The minimum absolute atomic E-state index is 0.0774. The third kappa shape index (κ3) is 7.62. The van der Waals surface area contributed by atoms with Crippen molar-refractivity contribution < 1.29 is 27.1 Å². The number of pyridine rings is 1. The highest BCUT2D eigenvalue weighted by Crippen LogP contribution is 2.43. The van der Waals surface area contributed by atoms with Crippen LogP contribution in [-0.2, 0) is 14.8 Å². The average molecular weight is 699 g/mol. The molecule has 11 nitrogen and oxygen atoms in total. The normalized spacial score (nSPS) is 15.1. The van der Waals surface area contributed by atoms with E-state index < -0.39 is 21.4 Å².